The second-order valence-corrected chi connectivity index (χ2v) is 6.29. The Morgan fingerprint density at radius 1 is 1.22 bits per heavy atom. The Hall–Kier alpha value is -1.12. The van der Waals surface area contributed by atoms with Crippen LogP contribution in [0.25, 0.3) is 5.57 Å². The van der Waals surface area contributed by atoms with Crippen LogP contribution in [0.3, 0.4) is 0 Å². The summed E-state index contributed by atoms with van der Waals surface area (Å²) in [4.78, 5) is 0. The lowest BCUT2D eigenvalue weighted by atomic mass is 9.96. The second-order valence-electron chi connectivity index (χ2n) is 5.09. The molecule has 18 heavy (non-hydrogen) atoms. The SMILES string of the molecule is CCCCC1=C([SiH3])CC=C1c1ccc(CN)cc1. The standard InChI is InChI=1S/C16H23NSi/c1-2-3-4-15-14(9-10-16(15)18)13-7-5-12(11-17)6-8-13/h5-9H,2-4,10-11,17H2,1,18H3. The van der Waals surface area contributed by atoms with Crippen molar-refractivity contribution in [1.29, 1.82) is 0 Å². The third-order valence-electron chi connectivity index (χ3n) is 3.73. The lowest BCUT2D eigenvalue weighted by molar-refractivity contribution is 0.799. The first-order chi connectivity index (χ1) is 8.76. The maximum Gasteiger partial charge on any atom is 0.0341 e. The van der Waals surface area contributed by atoms with Gasteiger partial charge in [0.05, 0.1) is 0 Å². The van der Waals surface area contributed by atoms with Gasteiger partial charge in [-0.25, -0.2) is 0 Å². The largest absolute Gasteiger partial charge is 0.326 e. The quantitative estimate of drug-likeness (QED) is 0.807. The van der Waals surface area contributed by atoms with E-state index in [1.807, 2.05) is 0 Å². The number of nitrogens with two attached hydrogens (primary N) is 1. The monoisotopic (exact) mass is 257 g/mol. The summed E-state index contributed by atoms with van der Waals surface area (Å²) in [7, 11) is 1.20. The molecule has 2 heteroatoms. The van der Waals surface area contributed by atoms with Crippen LogP contribution >= 0.6 is 0 Å². The molecule has 0 atom stereocenters. The fourth-order valence-electron chi connectivity index (χ4n) is 2.55. The number of unbranched alkanes of at least 4 members (excludes halogenated alkanes) is 1. The summed E-state index contributed by atoms with van der Waals surface area (Å²) >= 11 is 0. The van der Waals surface area contributed by atoms with E-state index < -0.39 is 0 Å². The molecule has 96 valence electrons. The highest BCUT2D eigenvalue weighted by atomic mass is 28.1. The van der Waals surface area contributed by atoms with Crippen molar-refractivity contribution in [1.82, 2.24) is 0 Å². The van der Waals surface area contributed by atoms with Crippen molar-refractivity contribution in [3.05, 3.63) is 52.2 Å². The predicted octanol–water partition coefficient (Wildman–Crippen LogP) is 2.74. The van der Waals surface area contributed by atoms with Gasteiger partial charge in [-0.3, -0.25) is 0 Å². The first-order valence-corrected chi connectivity index (χ1v) is 7.94. The van der Waals surface area contributed by atoms with Crippen molar-refractivity contribution in [2.24, 2.45) is 5.73 Å². The fourth-order valence-corrected chi connectivity index (χ4v) is 3.27. The predicted molar refractivity (Wildman–Crippen MR) is 83.4 cm³/mol. The molecule has 2 N–H and O–H groups in total. The molecule has 0 aromatic heterocycles. The topological polar surface area (TPSA) is 26.0 Å². The maximum atomic E-state index is 5.65. The third kappa shape index (κ3) is 2.82. The molecule has 1 aliphatic carbocycles. The van der Waals surface area contributed by atoms with E-state index in [1.54, 1.807) is 10.8 Å². The molecule has 2 rings (SSSR count). The molecule has 0 amide bonds. The number of rotatable bonds is 5. The highest BCUT2D eigenvalue weighted by molar-refractivity contribution is 6.24. The Morgan fingerprint density at radius 3 is 2.56 bits per heavy atom. The minimum Gasteiger partial charge on any atom is -0.326 e. The van der Waals surface area contributed by atoms with E-state index in [0.717, 1.165) is 0 Å². The molecule has 0 saturated carbocycles. The summed E-state index contributed by atoms with van der Waals surface area (Å²) in [6.07, 6.45) is 7.42. The van der Waals surface area contributed by atoms with Crippen LogP contribution in [0.15, 0.2) is 41.1 Å². The summed E-state index contributed by atoms with van der Waals surface area (Å²) < 4.78 is 0. The van der Waals surface area contributed by atoms with Gasteiger partial charge in [-0.1, -0.05) is 48.9 Å². The van der Waals surface area contributed by atoms with Crippen molar-refractivity contribution in [2.45, 2.75) is 39.2 Å². The Morgan fingerprint density at radius 2 is 1.94 bits per heavy atom. The van der Waals surface area contributed by atoms with Gasteiger partial charge in [0.25, 0.3) is 0 Å². The zero-order chi connectivity index (χ0) is 13.0. The lowest BCUT2D eigenvalue weighted by Crippen LogP contribution is -1.96. The van der Waals surface area contributed by atoms with Gasteiger partial charge >= 0.3 is 0 Å². The molecule has 0 heterocycles. The van der Waals surface area contributed by atoms with Gasteiger partial charge in [-0.05, 0) is 41.5 Å². The van der Waals surface area contributed by atoms with Gasteiger partial charge in [0.2, 0.25) is 0 Å². The van der Waals surface area contributed by atoms with Crippen LogP contribution < -0.4 is 5.73 Å². The molecule has 1 aromatic carbocycles. The summed E-state index contributed by atoms with van der Waals surface area (Å²) in [6, 6.07) is 8.75. The van der Waals surface area contributed by atoms with E-state index in [9.17, 15) is 0 Å². The average molecular weight is 257 g/mol. The van der Waals surface area contributed by atoms with Crippen molar-refractivity contribution >= 4 is 15.8 Å². The van der Waals surface area contributed by atoms with Crippen LogP contribution in [0, 0.1) is 0 Å². The molecule has 0 spiro atoms. The molecule has 0 fully saturated rings. The molecule has 1 aromatic rings. The van der Waals surface area contributed by atoms with E-state index in [-0.39, 0.29) is 0 Å². The summed E-state index contributed by atoms with van der Waals surface area (Å²) in [6.45, 7) is 2.89. The Kier molecular flexibility index (Phi) is 4.56. The summed E-state index contributed by atoms with van der Waals surface area (Å²) in [5.74, 6) is 0. The lowest BCUT2D eigenvalue weighted by Gasteiger charge is -2.11. The molecule has 0 radical (unpaired) electrons. The van der Waals surface area contributed by atoms with Gasteiger partial charge in [0.1, 0.15) is 0 Å². The maximum absolute atomic E-state index is 5.65. The van der Waals surface area contributed by atoms with E-state index in [1.165, 1.54) is 52.6 Å². The average Bonchev–Trinajstić information content (AvgIpc) is 2.78. The normalized spacial score (nSPS) is 15.3. The summed E-state index contributed by atoms with van der Waals surface area (Å²) in [5, 5.41) is 1.68. The highest BCUT2D eigenvalue weighted by Gasteiger charge is 2.15. The van der Waals surface area contributed by atoms with Gasteiger partial charge < -0.3 is 5.73 Å². The number of benzene rings is 1. The second kappa shape index (κ2) is 6.16. The molecule has 1 nitrogen and oxygen atoms in total. The third-order valence-corrected chi connectivity index (χ3v) is 4.75. The smallest absolute Gasteiger partial charge is 0.0341 e. The molecule has 0 saturated heterocycles. The zero-order valence-electron chi connectivity index (χ0n) is 11.5. The first kappa shape index (κ1) is 13.3. The van der Waals surface area contributed by atoms with E-state index >= 15 is 0 Å². The van der Waals surface area contributed by atoms with E-state index in [4.69, 9.17) is 5.73 Å². The fraction of sp³-hybridized carbons (Fsp3) is 0.375. The molecule has 0 unspecified atom stereocenters. The van der Waals surface area contributed by atoms with Gasteiger partial charge in [-0.15, -0.1) is 0 Å². The highest BCUT2D eigenvalue weighted by Crippen LogP contribution is 2.35. The van der Waals surface area contributed by atoms with Crippen molar-refractivity contribution in [3.8, 4) is 0 Å². The number of hydrogen-bond acceptors (Lipinski definition) is 1. The number of allylic oxidation sites excluding steroid dienone is 4. The Balaban J connectivity index is 2.21. The van der Waals surface area contributed by atoms with Crippen LogP contribution in [-0.2, 0) is 6.54 Å². The van der Waals surface area contributed by atoms with Crippen molar-refractivity contribution < 1.29 is 0 Å². The molecule has 0 aliphatic heterocycles. The first-order valence-electron chi connectivity index (χ1n) is 6.94. The Labute approximate surface area is 113 Å². The molecular weight excluding hydrogens is 234 g/mol. The zero-order valence-corrected chi connectivity index (χ0v) is 13.5. The van der Waals surface area contributed by atoms with Crippen LogP contribution in [0.2, 0.25) is 0 Å². The summed E-state index contributed by atoms with van der Waals surface area (Å²) in [5.41, 5.74) is 11.3. The van der Waals surface area contributed by atoms with Crippen molar-refractivity contribution in [3.63, 3.8) is 0 Å². The molecular formula is C16H23NSi. The van der Waals surface area contributed by atoms with Crippen molar-refractivity contribution in [2.75, 3.05) is 0 Å². The van der Waals surface area contributed by atoms with Crippen LogP contribution in [0.4, 0.5) is 0 Å². The number of hydrogen-bond donors (Lipinski definition) is 1. The molecule has 0 bridgehead atoms. The van der Waals surface area contributed by atoms with Crippen LogP contribution in [-0.4, -0.2) is 10.2 Å². The Bertz CT molecular complexity index is 468. The van der Waals surface area contributed by atoms with Crippen LogP contribution in [0.1, 0.15) is 43.7 Å². The van der Waals surface area contributed by atoms with Crippen LogP contribution in [0.5, 0.6) is 0 Å². The van der Waals surface area contributed by atoms with Gasteiger partial charge in [-0.2, -0.15) is 0 Å². The van der Waals surface area contributed by atoms with Gasteiger partial charge in [0.15, 0.2) is 0 Å². The molecule has 1 aliphatic rings. The van der Waals surface area contributed by atoms with Gasteiger partial charge in [0, 0.05) is 16.8 Å². The minimum atomic E-state index is 0.629. The van der Waals surface area contributed by atoms with E-state index in [2.05, 4.69) is 37.3 Å². The van der Waals surface area contributed by atoms with E-state index in [0.29, 0.717) is 6.54 Å². The minimum absolute atomic E-state index is 0.629.